The van der Waals surface area contributed by atoms with E-state index in [0.717, 1.165) is 90.4 Å². The molecule has 0 unspecified atom stereocenters. The molecule has 0 radical (unpaired) electrons. The Bertz CT molecular complexity index is 669. The van der Waals surface area contributed by atoms with Gasteiger partial charge in [0.1, 0.15) is 0 Å². The zero-order chi connectivity index (χ0) is 21.5. The van der Waals surface area contributed by atoms with Crippen molar-refractivity contribution in [2.24, 2.45) is 11.8 Å². The highest BCUT2D eigenvalue weighted by atomic mass is 16.5. The Morgan fingerprint density at radius 2 is 1.90 bits per heavy atom. The van der Waals surface area contributed by atoms with Gasteiger partial charge in [-0.25, -0.2) is 0 Å². The molecular weight excluding hydrogens is 388 g/mol. The van der Waals surface area contributed by atoms with Crippen LogP contribution in [0.4, 0.5) is 0 Å². The van der Waals surface area contributed by atoms with Gasteiger partial charge in [-0.05, 0) is 82.1 Å². The fourth-order valence-electron chi connectivity index (χ4n) is 5.72. The predicted octanol–water partition coefficient (Wildman–Crippen LogP) is 3.03. The molecule has 3 fully saturated rings. The van der Waals surface area contributed by atoms with E-state index in [0.29, 0.717) is 11.9 Å². The number of aromatic nitrogens is 1. The van der Waals surface area contributed by atoms with Gasteiger partial charge >= 0.3 is 0 Å². The van der Waals surface area contributed by atoms with Crippen molar-refractivity contribution in [1.82, 2.24) is 19.7 Å². The number of carbonyl (C=O) groups excluding carboxylic acids is 1. The summed E-state index contributed by atoms with van der Waals surface area (Å²) in [4.78, 5) is 24.8. The Balaban J connectivity index is 1.21. The standard InChI is InChI=1S/C25H40N4O2/c1-31-17-10-21-6-15-28(16-7-21)25(30)23-5-3-12-29(20-23)24-8-13-27(14-9-24)19-22-4-2-11-26-18-22/h2,4,11,18,21,23-24H,3,5-10,12-17,19-20H2,1H3/t23-/m1/s1. The number of carbonyl (C=O) groups is 1. The summed E-state index contributed by atoms with van der Waals surface area (Å²) in [5.74, 6) is 1.35. The van der Waals surface area contributed by atoms with Crippen molar-refractivity contribution in [2.45, 2.75) is 57.5 Å². The highest BCUT2D eigenvalue weighted by Crippen LogP contribution is 2.28. The van der Waals surface area contributed by atoms with Crippen molar-refractivity contribution in [3.63, 3.8) is 0 Å². The fourth-order valence-corrected chi connectivity index (χ4v) is 5.72. The second kappa shape index (κ2) is 11.4. The van der Waals surface area contributed by atoms with E-state index >= 15 is 0 Å². The average Bonchev–Trinajstić information content (AvgIpc) is 2.84. The molecule has 3 aliphatic heterocycles. The molecule has 3 aliphatic rings. The molecule has 0 bridgehead atoms. The molecule has 0 aliphatic carbocycles. The van der Waals surface area contributed by atoms with Crippen molar-refractivity contribution < 1.29 is 9.53 Å². The van der Waals surface area contributed by atoms with Gasteiger partial charge in [-0.15, -0.1) is 0 Å². The van der Waals surface area contributed by atoms with Gasteiger partial charge in [0.25, 0.3) is 0 Å². The van der Waals surface area contributed by atoms with Crippen LogP contribution in [0.15, 0.2) is 24.5 Å². The maximum Gasteiger partial charge on any atom is 0.226 e. The number of amides is 1. The number of nitrogens with zero attached hydrogens (tertiary/aromatic N) is 4. The third kappa shape index (κ3) is 6.27. The van der Waals surface area contributed by atoms with Gasteiger partial charge in [0.05, 0.1) is 5.92 Å². The van der Waals surface area contributed by atoms with Crippen LogP contribution in [0.1, 0.15) is 50.5 Å². The molecule has 172 valence electrons. The SMILES string of the molecule is COCCC1CCN(C(=O)[C@@H]2CCCN(C3CCN(Cc4cccnc4)CC3)C2)CC1. The maximum absolute atomic E-state index is 13.2. The van der Waals surface area contributed by atoms with Gasteiger partial charge in [-0.3, -0.25) is 19.6 Å². The van der Waals surface area contributed by atoms with Crippen LogP contribution in [0, 0.1) is 11.8 Å². The van der Waals surface area contributed by atoms with E-state index in [2.05, 4.69) is 25.8 Å². The van der Waals surface area contributed by atoms with Crippen LogP contribution in [0.2, 0.25) is 0 Å². The molecule has 0 N–H and O–H groups in total. The first-order chi connectivity index (χ1) is 15.2. The Hall–Kier alpha value is -1.50. The van der Waals surface area contributed by atoms with E-state index in [1.807, 2.05) is 18.5 Å². The minimum Gasteiger partial charge on any atom is -0.385 e. The van der Waals surface area contributed by atoms with Gasteiger partial charge in [-0.1, -0.05) is 6.07 Å². The van der Waals surface area contributed by atoms with Crippen LogP contribution in [-0.4, -0.2) is 84.6 Å². The quantitative estimate of drug-likeness (QED) is 0.668. The summed E-state index contributed by atoms with van der Waals surface area (Å²) in [5.41, 5.74) is 1.30. The van der Waals surface area contributed by atoms with Gasteiger partial charge in [0, 0.05) is 58.3 Å². The summed E-state index contributed by atoms with van der Waals surface area (Å²) in [7, 11) is 1.78. The summed E-state index contributed by atoms with van der Waals surface area (Å²) in [6.07, 6.45) is 11.9. The molecule has 1 aromatic rings. The lowest BCUT2D eigenvalue weighted by molar-refractivity contribution is -0.139. The Morgan fingerprint density at radius 1 is 1.10 bits per heavy atom. The van der Waals surface area contributed by atoms with E-state index < -0.39 is 0 Å². The third-order valence-electron chi connectivity index (χ3n) is 7.66. The minimum atomic E-state index is 0.206. The van der Waals surface area contributed by atoms with E-state index in [-0.39, 0.29) is 5.92 Å². The molecule has 0 aromatic carbocycles. The van der Waals surface area contributed by atoms with E-state index in [9.17, 15) is 4.79 Å². The lowest BCUT2D eigenvalue weighted by Gasteiger charge is -2.43. The molecule has 31 heavy (non-hydrogen) atoms. The molecule has 0 spiro atoms. The molecular formula is C25H40N4O2. The van der Waals surface area contributed by atoms with Crippen molar-refractivity contribution >= 4 is 5.91 Å². The van der Waals surface area contributed by atoms with Crippen LogP contribution in [0.25, 0.3) is 0 Å². The highest BCUT2D eigenvalue weighted by molar-refractivity contribution is 5.79. The smallest absolute Gasteiger partial charge is 0.226 e. The number of piperidine rings is 3. The first-order valence-corrected chi connectivity index (χ1v) is 12.4. The van der Waals surface area contributed by atoms with Crippen molar-refractivity contribution in [3.8, 4) is 0 Å². The van der Waals surface area contributed by atoms with Crippen LogP contribution in [0.3, 0.4) is 0 Å². The van der Waals surface area contributed by atoms with Crippen molar-refractivity contribution in [1.29, 1.82) is 0 Å². The third-order valence-corrected chi connectivity index (χ3v) is 7.66. The molecule has 1 atom stereocenters. The first kappa shape index (κ1) is 22.7. The summed E-state index contributed by atoms with van der Waals surface area (Å²) in [5, 5.41) is 0. The topological polar surface area (TPSA) is 48.9 Å². The summed E-state index contributed by atoms with van der Waals surface area (Å²) < 4.78 is 5.23. The zero-order valence-corrected chi connectivity index (χ0v) is 19.3. The van der Waals surface area contributed by atoms with Crippen LogP contribution in [0.5, 0.6) is 0 Å². The van der Waals surface area contributed by atoms with Crippen LogP contribution < -0.4 is 0 Å². The van der Waals surface area contributed by atoms with Crippen molar-refractivity contribution in [3.05, 3.63) is 30.1 Å². The number of pyridine rings is 1. The van der Waals surface area contributed by atoms with E-state index in [1.165, 1.54) is 18.4 Å². The fraction of sp³-hybridized carbons (Fsp3) is 0.760. The Labute approximate surface area is 187 Å². The molecule has 1 amide bonds. The number of methoxy groups -OCH3 is 1. The molecule has 4 heterocycles. The second-order valence-corrected chi connectivity index (χ2v) is 9.75. The summed E-state index contributed by atoms with van der Waals surface area (Å²) in [6.45, 7) is 8.14. The van der Waals surface area contributed by atoms with Crippen molar-refractivity contribution in [2.75, 3.05) is 53.0 Å². The lowest BCUT2D eigenvalue weighted by atomic mass is 9.90. The first-order valence-electron chi connectivity index (χ1n) is 12.4. The monoisotopic (exact) mass is 428 g/mol. The van der Waals surface area contributed by atoms with Gasteiger partial charge in [-0.2, -0.15) is 0 Å². The van der Waals surface area contributed by atoms with Gasteiger partial charge in [0.2, 0.25) is 5.91 Å². The summed E-state index contributed by atoms with van der Waals surface area (Å²) in [6, 6.07) is 4.83. The largest absolute Gasteiger partial charge is 0.385 e. The number of rotatable bonds is 7. The predicted molar refractivity (Wildman–Crippen MR) is 123 cm³/mol. The highest BCUT2D eigenvalue weighted by Gasteiger charge is 2.34. The number of hydrogen-bond donors (Lipinski definition) is 0. The number of ether oxygens (including phenoxy) is 1. The minimum absolute atomic E-state index is 0.206. The van der Waals surface area contributed by atoms with E-state index in [1.54, 1.807) is 7.11 Å². The molecule has 6 heteroatoms. The lowest BCUT2D eigenvalue weighted by Crippen LogP contribution is -2.52. The molecule has 1 aromatic heterocycles. The normalized spacial score (nSPS) is 25.1. The Kier molecular flexibility index (Phi) is 8.34. The zero-order valence-electron chi connectivity index (χ0n) is 19.3. The summed E-state index contributed by atoms with van der Waals surface area (Å²) >= 11 is 0. The molecule has 3 saturated heterocycles. The van der Waals surface area contributed by atoms with Crippen LogP contribution >= 0.6 is 0 Å². The second-order valence-electron chi connectivity index (χ2n) is 9.75. The Morgan fingerprint density at radius 3 is 2.61 bits per heavy atom. The number of hydrogen-bond acceptors (Lipinski definition) is 5. The van der Waals surface area contributed by atoms with Crippen LogP contribution in [-0.2, 0) is 16.1 Å². The average molecular weight is 429 g/mol. The van der Waals surface area contributed by atoms with Gasteiger partial charge < -0.3 is 9.64 Å². The molecule has 6 nitrogen and oxygen atoms in total. The van der Waals surface area contributed by atoms with E-state index in [4.69, 9.17) is 4.74 Å². The number of likely N-dealkylation sites (tertiary alicyclic amines) is 3. The maximum atomic E-state index is 13.2. The van der Waals surface area contributed by atoms with Gasteiger partial charge in [0.15, 0.2) is 0 Å². The molecule has 0 saturated carbocycles. The molecule has 4 rings (SSSR count).